The summed E-state index contributed by atoms with van der Waals surface area (Å²) in [6.07, 6.45) is 14.5. The van der Waals surface area contributed by atoms with Gasteiger partial charge in [-0.1, -0.05) is 48.5 Å². The lowest BCUT2D eigenvalue weighted by atomic mass is 9.93. The summed E-state index contributed by atoms with van der Waals surface area (Å²) in [5.41, 5.74) is 3.10. The van der Waals surface area contributed by atoms with Crippen molar-refractivity contribution in [3.8, 4) is 0 Å². The minimum atomic E-state index is -0.603. The number of fused-ring (bicyclic) bond motifs is 2. The van der Waals surface area contributed by atoms with Crippen LogP contribution in [0.2, 0.25) is 0 Å². The van der Waals surface area contributed by atoms with E-state index in [-0.39, 0.29) is 0 Å². The monoisotopic (exact) mass is 358 g/mol. The topological polar surface area (TPSA) is 0 Å². The molecule has 0 radical (unpaired) electrons. The first-order chi connectivity index (χ1) is 11.2. The summed E-state index contributed by atoms with van der Waals surface area (Å²) in [6.45, 7) is 0. The molecule has 130 valence electrons. The third-order valence-electron chi connectivity index (χ3n) is 4.31. The second-order valence-corrected chi connectivity index (χ2v) is 17.5. The summed E-state index contributed by atoms with van der Waals surface area (Å²) in [4.78, 5) is 0. The van der Waals surface area contributed by atoms with Crippen molar-refractivity contribution in [1.82, 2.24) is 0 Å². The van der Waals surface area contributed by atoms with Crippen LogP contribution in [0.25, 0.3) is 21.5 Å². The van der Waals surface area contributed by atoms with Crippen LogP contribution in [0.5, 0.6) is 0 Å². The molecule has 24 heavy (non-hydrogen) atoms. The molecule has 0 aliphatic rings. The number of benzene rings is 3. The lowest BCUT2D eigenvalue weighted by molar-refractivity contribution is 1.43. The van der Waals surface area contributed by atoms with Gasteiger partial charge in [-0.05, 0) is 70.2 Å². The van der Waals surface area contributed by atoms with Crippen molar-refractivity contribution in [2.45, 2.75) is 11.5 Å². The Labute approximate surface area is 150 Å². The third-order valence-corrected chi connectivity index (χ3v) is 6.62. The van der Waals surface area contributed by atoms with Crippen LogP contribution in [-0.2, 0) is 11.5 Å². The molecule has 0 bridgehead atoms. The molecule has 0 aliphatic heterocycles. The Morgan fingerprint density at radius 2 is 0.750 bits per heavy atom. The van der Waals surface area contributed by atoms with Gasteiger partial charge in [-0.25, -0.2) is 20.1 Å². The quantitative estimate of drug-likeness (QED) is 0.475. The van der Waals surface area contributed by atoms with Crippen molar-refractivity contribution in [3.63, 3.8) is 0 Å². The van der Waals surface area contributed by atoms with E-state index in [4.69, 9.17) is 0 Å². The first-order valence-electron chi connectivity index (χ1n) is 8.39. The van der Waals surface area contributed by atoms with Crippen LogP contribution in [-0.4, -0.2) is 37.5 Å². The average Bonchev–Trinajstić information content (AvgIpc) is 2.48. The van der Waals surface area contributed by atoms with Gasteiger partial charge in [0.1, 0.15) is 0 Å². The van der Waals surface area contributed by atoms with Crippen LogP contribution in [0.3, 0.4) is 0 Å². The molecule has 0 spiro atoms. The molecule has 0 amide bonds. The fraction of sp³-hybridized carbons (Fsp3) is 0.364. The molecule has 0 saturated carbocycles. The zero-order valence-electron chi connectivity index (χ0n) is 15.8. The fourth-order valence-electron chi connectivity index (χ4n) is 3.49. The van der Waals surface area contributed by atoms with Gasteiger partial charge in [0.15, 0.2) is 0 Å². The van der Waals surface area contributed by atoms with Gasteiger partial charge in [0.2, 0.25) is 0 Å². The molecule has 3 rings (SSSR count). The van der Waals surface area contributed by atoms with E-state index < -0.39 is 20.1 Å². The summed E-state index contributed by atoms with van der Waals surface area (Å²) in [7, 11) is -1.21. The maximum Gasteiger partial charge on any atom is 0.00301 e. The van der Waals surface area contributed by atoms with Crippen molar-refractivity contribution in [1.29, 1.82) is 0 Å². The predicted molar refractivity (Wildman–Crippen MR) is 120 cm³/mol. The summed E-state index contributed by atoms with van der Waals surface area (Å²) < 4.78 is 0. The second kappa shape index (κ2) is 6.31. The van der Waals surface area contributed by atoms with Crippen LogP contribution in [0, 0.1) is 0 Å². The summed E-state index contributed by atoms with van der Waals surface area (Å²) in [6, 6.07) is 18.2. The van der Waals surface area contributed by atoms with Gasteiger partial charge >= 0.3 is 0 Å². The molecule has 0 N–H and O–H groups in total. The second-order valence-electron chi connectivity index (χ2n) is 8.52. The lowest BCUT2D eigenvalue weighted by Gasteiger charge is -2.30. The van der Waals surface area contributed by atoms with Crippen molar-refractivity contribution < 1.29 is 0 Å². The van der Waals surface area contributed by atoms with Gasteiger partial charge in [-0.3, -0.25) is 0 Å². The van der Waals surface area contributed by atoms with Crippen molar-refractivity contribution in [2.24, 2.45) is 0 Å². The highest BCUT2D eigenvalue weighted by atomic mass is 32.3. The van der Waals surface area contributed by atoms with E-state index in [0.717, 1.165) is 0 Å². The molecule has 0 fully saturated rings. The zero-order chi connectivity index (χ0) is 17.5. The standard InChI is InChI=1S/C22H30S2/c1-23(2,3)15-21-17-11-7-9-13-19(17)22(16-24(4,5)6)20-14-10-8-12-18(20)21/h7-14H,15-16H2,1-6H3. The van der Waals surface area contributed by atoms with Crippen molar-refractivity contribution in [2.75, 3.05) is 37.5 Å². The molecule has 0 aromatic heterocycles. The normalized spacial score (nSPS) is 14.2. The zero-order valence-corrected chi connectivity index (χ0v) is 17.5. The molecule has 0 nitrogen and oxygen atoms in total. The third kappa shape index (κ3) is 3.75. The van der Waals surface area contributed by atoms with Crippen LogP contribution < -0.4 is 0 Å². The van der Waals surface area contributed by atoms with E-state index in [1.165, 1.54) is 33.1 Å². The highest BCUT2D eigenvalue weighted by Crippen LogP contribution is 2.47. The smallest absolute Gasteiger partial charge is 0.00301 e. The largest absolute Gasteiger partial charge is 0.246 e. The van der Waals surface area contributed by atoms with E-state index >= 15 is 0 Å². The molecular formula is C22H30S2. The van der Waals surface area contributed by atoms with Gasteiger partial charge in [-0.15, -0.1) is 0 Å². The molecule has 0 aliphatic carbocycles. The maximum absolute atomic E-state index is 2.42. The number of hydrogen-bond acceptors (Lipinski definition) is 0. The average molecular weight is 359 g/mol. The predicted octanol–water partition coefficient (Wildman–Crippen LogP) is 6.38. The van der Waals surface area contributed by atoms with E-state index in [1.54, 1.807) is 11.1 Å². The van der Waals surface area contributed by atoms with E-state index in [1.807, 2.05) is 0 Å². The van der Waals surface area contributed by atoms with Crippen LogP contribution >= 0.6 is 20.1 Å². The van der Waals surface area contributed by atoms with Crippen LogP contribution in [0.1, 0.15) is 11.1 Å². The Morgan fingerprint density at radius 1 is 0.500 bits per heavy atom. The molecule has 0 heterocycles. The van der Waals surface area contributed by atoms with Crippen LogP contribution in [0.15, 0.2) is 48.5 Å². The van der Waals surface area contributed by atoms with Crippen molar-refractivity contribution >= 4 is 41.6 Å². The van der Waals surface area contributed by atoms with E-state index in [2.05, 4.69) is 86.1 Å². The van der Waals surface area contributed by atoms with Crippen LogP contribution in [0.4, 0.5) is 0 Å². The van der Waals surface area contributed by atoms with Gasteiger partial charge in [0.05, 0.1) is 0 Å². The highest BCUT2D eigenvalue weighted by Gasteiger charge is 2.18. The maximum atomic E-state index is 2.42. The SMILES string of the molecule is CS(C)(C)Cc1c2ccccc2c(CS(C)(C)C)c2ccccc12. The molecule has 3 aromatic rings. The Hall–Kier alpha value is -1.12. The van der Waals surface area contributed by atoms with E-state index in [0.29, 0.717) is 0 Å². The Kier molecular flexibility index (Phi) is 4.65. The van der Waals surface area contributed by atoms with Gasteiger partial charge in [0.25, 0.3) is 0 Å². The molecule has 0 saturated heterocycles. The summed E-state index contributed by atoms with van der Waals surface area (Å²) in [5.74, 6) is 2.38. The lowest BCUT2D eigenvalue weighted by Crippen LogP contribution is -2.03. The van der Waals surface area contributed by atoms with Gasteiger partial charge in [0, 0.05) is 11.5 Å². The Balaban J connectivity index is 2.41. The molecule has 0 unspecified atom stereocenters. The first kappa shape index (κ1) is 17.7. The Morgan fingerprint density at radius 3 is 0.958 bits per heavy atom. The summed E-state index contributed by atoms with van der Waals surface area (Å²) >= 11 is 0. The Bertz CT molecular complexity index is 749. The molecule has 3 aromatic carbocycles. The fourth-order valence-corrected chi connectivity index (χ4v) is 5.84. The molecule has 0 atom stereocenters. The number of hydrogen-bond donors (Lipinski definition) is 0. The minimum absolute atomic E-state index is 0.603. The minimum Gasteiger partial charge on any atom is -0.246 e. The van der Waals surface area contributed by atoms with Crippen molar-refractivity contribution in [3.05, 3.63) is 59.7 Å². The van der Waals surface area contributed by atoms with E-state index in [9.17, 15) is 0 Å². The van der Waals surface area contributed by atoms with Gasteiger partial charge < -0.3 is 0 Å². The first-order valence-corrected chi connectivity index (χ1v) is 14.4. The highest BCUT2D eigenvalue weighted by molar-refractivity contribution is 8.31. The molecule has 2 heteroatoms. The summed E-state index contributed by atoms with van der Waals surface area (Å²) in [5, 5.41) is 5.88. The molecular weight excluding hydrogens is 328 g/mol. The number of rotatable bonds is 4. The van der Waals surface area contributed by atoms with Gasteiger partial charge in [-0.2, -0.15) is 0 Å².